The zero-order chi connectivity index (χ0) is 16.8. The summed E-state index contributed by atoms with van der Waals surface area (Å²) in [6, 6.07) is 14.1. The smallest absolute Gasteiger partial charge is 0.321 e. The molecule has 0 aromatic heterocycles. The van der Waals surface area contributed by atoms with Crippen molar-refractivity contribution in [1.82, 2.24) is 0 Å². The first-order chi connectivity index (χ1) is 11.1. The fourth-order valence-corrected chi connectivity index (χ4v) is 2.28. The fourth-order valence-electron chi connectivity index (χ4n) is 2.28. The summed E-state index contributed by atoms with van der Waals surface area (Å²) >= 11 is 0. The van der Waals surface area contributed by atoms with Crippen molar-refractivity contribution in [3.63, 3.8) is 0 Å². The molecule has 0 spiro atoms. The molecule has 0 radical (unpaired) electrons. The molecule has 6 heteroatoms. The van der Waals surface area contributed by atoms with E-state index < -0.39 is 17.7 Å². The van der Waals surface area contributed by atoms with Crippen LogP contribution >= 0.6 is 0 Å². The quantitative estimate of drug-likeness (QED) is 0.381. The van der Waals surface area contributed by atoms with Crippen LogP contribution in [-0.2, 0) is 9.53 Å². The lowest BCUT2D eigenvalue weighted by Gasteiger charge is -2.27. The topological polar surface area (TPSA) is 89.9 Å². The first-order valence-corrected chi connectivity index (χ1v) is 7.07. The van der Waals surface area contributed by atoms with Crippen molar-refractivity contribution in [3.8, 4) is 0 Å². The molecule has 0 saturated heterocycles. The highest BCUT2D eigenvalue weighted by Gasteiger charge is 2.32. The van der Waals surface area contributed by atoms with Crippen molar-refractivity contribution in [2.45, 2.75) is 12.8 Å². The van der Waals surface area contributed by atoms with Crippen LogP contribution < -0.4 is 5.23 Å². The van der Waals surface area contributed by atoms with Crippen LogP contribution in [0.4, 0.5) is 5.69 Å². The van der Waals surface area contributed by atoms with E-state index in [0.29, 0.717) is 5.56 Å². The fraction of sp³-hybridized carbons (Fsp3) is 0.176. The van der Waals surface area contributed by atoms with E-state index in [1.165, 1.54) is 18.2 Å². The minimum atomic E-state index is -1.32. The Hall–Kier alpha value is -2.70. The summed E-state index contributed by atoms with van der Waals surface area (Å²) in [5.41, 5.74) is 0.239. The molecule has 120 valence electrons. The lowest BCUT2D eigenvalue weighted by Crippen LogP contribution is -2.26. The van der Waals surface area contributed by atoms with Crippen LogP contribution in [0, 0.1) is 5.21 Å². The third kappa shape index (κ3) is 3.74. The maximum atomic E-state index is 12.7. The van der Waals surface area contributed by atoms with E-state index in [9.17, 15) is 20.0 Å². The standard InChI is InChI=1S/C17H16NO5/c1-2-23-17(20)15(16(19)12-8-4-3-5-9-12)13-10-6-7-11-14(13)18(21)22/h3-11,15,21H,2H2,1H3/q-1/t15-/m1/s1. The number of anilines is 1. The van der Waals surface area contributed by atoms with E-state index in [4.69, 9.17) is 4.74 Å². The summed E-state index contributed by atoms with van der Waals surface area (Å²) < 4.78 is 4.97. The van der Waals surface area contributed by atoms with Crippen LogP contribution in [0.25, 0.3) is 0 Å². The van der Waals surface area contributed by atoms with E-state index in [-0.39, 0.29) is 23.1 Å². The van der Waals surface area contributed by atoms with Gasteiger partial charge in [-0.25, -0.2) is 0 Å². The average Bonchev–Trinajstić information content (AvgIpc) is 2.56. The van der Waals surface area contributed by atoms with Gasteiger partial charge in [-0.3, -0.25) is 14.8 Å². The van der Waals surface area contributed by atoms with E-state index in [1.54, 1.807) is 43.3 Å². The molecule has 0 aliphatic carbocycles. The summed E-state index contributed by atoms with van der Waals surface area (Å²) in [6.07, 6.45) is 0. The van der Waals surface area contributed by atoms with Crippen LogP contribution in [0.2, 0.25) is 0 Å². The van der Waals surface area contributed by atoms with E-state index >= 15 is 0 Å². The van der Waals surface area contributed by atoms with Crippen molar-refractivity contribution < 1.29 is 19.5 Å². The van der Waals surface area contributed by atoms with Crippen LogP contribution in [-0.4, -0.2) is 23.6 Å². The zero-order valence-electron chi connectivity index (χ0n) is 12.5. The minimum absolute atomic E-state index is 0.0947. The number of ether oxygens (including phenoxy) is 1. The Labute approximate surface area is 133 Å². The van der Waals surface area contributed by atoms with Gasteiger partial charge in [0.15, 0.2) is 5.78 Å². The highest BCUT2D eigenvalue weighted by Crippen LogP contribution is 2.30. The molecule has 23 heavy (non-hydrogen) atoms. The Balaban J connectivity index is 2.52. The van der Waals surface area contributed by atoms with Gasteiger partial charge in [-0.1, -0.05) is 48.5 Å². The second-order valence-corrected chi connectivity index (χ2v) is 4.75. The van der Waals surface area contributed by atoms with Gasteiger partial charge in [0.25, 0.3) is 0 Å². The number of carbonyl (C=O) groups excluding carboxylic acids is 2. The molecular weight excluding hydrogens is 298 g/mol. The van der Waals surface area contributed by atoms with Gasteiger partial charge in [-0.15, -0.1) is 0 Å². The van der Waals surface area contributed by atoms with Crippen molar-refractivity contribution >= 4 is 17.4 Å². The Morgan fingerprint density at radius 3 is 2.35 bits per heavy atom. The molecule has 0 bridgehead atoms. The van der Waals surface area contributed by atoms with Crippen LogP contribution in [0.15, 0.2) is 54.6 Å². The third-order valence-electron chi connectivity index (χ3n) is 3.30. The second kappa shape index (κ2) is 7.53. The van der Waals surface area contributed by atoms with Crippen molar-refractivity contribution in [2.75, 3.05) is 11.8 Å². The summed E-state index contributed by atoms with van der Waals surface area (Å²) in [4.78, 5) is 25.0. The number of Topliss-reactive ketones (excluding diaryl/α,β-unsaturated/α-hetero) is 1. The monoisotopic (exact) mass is 314 g/mol. The Kier molecular flexibility index (Phi) is 5.46. The molecular formula is C17H16NO5-. The third-order valence-corrected chi connectivity index (χ3v) is 3.30. The number of hydrogen-bond donors (Lipinski definition) is 1. The molecule has 6 nitrogen and oxygen atoms in total. The summed E-state index contributed by atoms with van der Waals surface area (Å²) in [5.74, 6) is -2.59. The number of para-hydroxylation sites is 1. The number of esters is 1. The van der Waals surface area contributed by atoms with Gasteiger partial charge in [0.2, 0.25) is 0 Å². The predicted octanol–water partition coefficient (Wildman–Crippen LogP) is 2.91. The van der Waals surface area contributed by atoms with Crippen LogP contribution in [0.3, 0.4) is 0 Å². The number of nitrogens with zero attached hydrogens (tertiary/aromatic N) is 1. The lowest BCUT2D eigenvalue weighted by molar-refractivity contribution is -0.143. The van der Waals surface area contributed by atoms with E-state index in [2.05, 4.69) is 0 Å². The predicted molar refractivity (Wildman–Crippen MR) is 84.2 cm³/mol. The number of ketones is 1. The SMILES string of the molecule is CCOC(=O)[C@@H](C(=O)c1ccccc1)c1ccccc1N([O-])O. The molecule has 0 saturated carbocycles. The van der Waals surface area contributed by atoms with Crippen LogP contribution in [0.5, 0.6) is 0 Å². The van der Waals surface area contributed by atoms with Gasteiger partial charge < -0.3 is 15.2 Å². The molecule has 0 amide bonds. The Bertz CT molecular complexity index is 684. The van der Waals surface area contributed by atoms with Crippen molar-refractivity contribution in [2.24, 2.45) is 0 Å². The highest BCUT2D eigenvalue weighted by molar-refractivity contribution is 6.13. The molecule has 0 unspecified atom stereocenters. The van der Waals surface area contributed by atoms with Gasteiger partial charge >= 0.3 is 5.97 Å². The largest absolute Gasteiger partial charge is 0.733 e. The zero-order valence-corrected chi connectivity index (χ0v) is 12.5. The van der Waals surface area contributed by atoms with E-state index in [1.807, 2.05) is 0 Å². The van der Waals surface area contributed by atoms with Gasteiger partial charge in [0.1, 0.15) is 5.92 Å². The minimum Gasteiger partial charge on any atom is -0.733 e. The molecule has 1 N–H and O–H groups in total. The van der Waals surface area contributed by atoms with Crippen molar-refractivity contribution in [1.29, 1.82) is 0 Å². The number of benzene rings is 2. The number of rotatable bonds is 6. The number of carbonyl (C=O) groups is 2. The van der Waals surface area contributed by atoms with Gasteiger partial charge in [-0.2, -0.15) is 0 Å². The summed E-state index contributed by atoms with van der Waals surface area (Å²) in [5, 5.41) is 20.2. The molecule has 2 rings (SSSR count). The summed E-state index contributed by atoms with van der Waals surface area (Å²) in [7, 11) is 0. The van der Waals surface area contributed by atoms with E-state index in [0.717, 1.165) is 0 Å². The molecule has 2 aromatic carbocycles. The average molecular weight is 314 g/mol. The summed E-state index contributed by atoms with van der Waals surface area (Å²) in [6.45, 7) is 1.72. The molecule has 0 aliphatic rings. The first-order valence-electron chi connectivity index (χ1n) is 7.07. The molecule has 2 aromatic rings. The maximum Gasteiger partial charge on any atom is 0.321 e. The maximum absolute atomic E-state index is 12.7. The van der Waals surface area contributed by atoms with Gasteiger partial charge in [-0.05, 0) is 18.6 Å². The Morgan fingerprint density at radius 1 is 1.13 bits per heavy atom. The molecule has 0 aliphatic heterocycles. The lowest BCUT2D eigenvalue weighted by atomic mass is 9.89. The number of hydrogen-bond acceptors (Lipinski definition) is 6. The molecule has 0 fully saturated rings. The van der Waals surface area contributed by atoms with Crippen LogP contribution in [0.1, 0.15) is 28.8 Å². The normalized spacial score (nSPS) is 11.6. The first kappa shape index (κ1) is 16.7. The van der Waals surface area contributed by atoms with Gasteiger partial charge in [0, 0.05) is 5.56 Å². The van der Waals surface area contributed by atoms with Crippen molar-refractivity contribution in [3.05, 3.63) is 70.9 Å². The molecule has 0 heterocycles. The highest BCUT2D eigenvalue weighted by atomic mass is 16.8. The Morgan fingerprint density at radius 2 is 1.74 bits per heavy atom. The second-order valence-electron chi connectivity index (χ2n) is 4.75. The molecule has 1 atom stereocenters. The van der Waals surface area contributed by atoms with Gasteiger partial charge in [0.05, 0.1) is 12.3 Å².